The van der Waals surface area contributed by atoms with Gasteiger partial charge >= 0.3 is 0 Å². The van der Waals surface area contributed by atoms with E-state index in [9.17, 15) is 0 Å². The van der Waals surface area contributed by atoms with E-state index in [4.69, 9.17) is 4.74 Å². The summed E-state index contributed by atoms with van der Waals surface area (Å²) in [6.45, 7) is 0. The van der Waals surface area contributed by atoms with Crippen LogP contribution in [0.4, 0.5) is 0 Å². The van der Waals surface area contributed by atoms with Gasteiger partial charge in [-0.2, -0.15) is 0 Å². The molecule has 0 bridgehead atoms. The lowest BCUT2D eigenvalue weighted by atomic mass is 10.4. The van der Waals surface area contributed by atoms with Crippen molar-refractivity contribution in [3.05, 3.63) is 28.7 Å². The summed E-state index contributed by atoms with van der Waals surface area (Å²) in [5.74, 6) is 0.707. The zero-order valence-electron chi connectivity index (χ0n) is 4.94. The standard InChI is InChI=1S/C7H5BrO/c1-9-7-4-2-6(8)3-5-7/h2,4H,1H3. The summed E-state index contributed by atoms with van der Waals surface area (Å²) in [5, 5.41) is 0. The fourth-order valence-electron chi connectivity index (χ4n) is 0.473. The van der Waals surface area contributed by atoms with E-state index in [1.54, 1.807) is 7.11 Å². The highest BCUT2D eigenvalue weighted by molar-refractivity contribution is 9.10. The molecule has 0 saturated heterocycles. The molecule has 46 valence electrons. The van der Waals surface area contributed by atoms with Gasteiger partial charge in [0.2, 0.25) is 0 Å². The van der Waals surface area contributed by atoms with Crippen molar-refractivity contribution in [2.45, 2.75) is 0 Å². The summed E-state index contributed by atoms with van der Waals surface area (Å²) >= 11 is 3.23. The van der Waals surface area contributed by atoms with Gasteiger partial charge in [-0.15, -0.1) is 0 Å². The molecule has 0 aliphatic carbocycles. The Bertz CT molecular complexity index is 181. The van der Waals surface area contributed by atoms with E-state index in [0.717, 1.165) is 4.47 Å². The van der Waals surface area contributed by atoms with E-state index in [-0.39, 0.29) is 0 Å². The topological polar surface area (TPSA) is 9.23 Å². The Kier molecular flexibility index (Phi) is 1.96. The maximum atomic E-state index is 4.86. The number of ether oxygens (including phenoxy) is 1. The van der Waals surface area contributed by atoms with Crippen molar-refractivity contribution in [1.82, 2.24) is 0 Å². The fraction of sp³-hybridized carbons (Fsp3) is 0.143. The molecule has 0 N–H and O–H groups in total. The minimum absolute atomic E-state index is 0.707. The molecule has 0 spiro atoms. The first-order valence-corrected chi connectivity index (χ1v) is 3.26. The van der Waals surface area contributed by atoms with Gasteiger partial charge < -0.3 is 4.74 Å². The first kappa shape index (κ1) is 6.44. The lowest BCUT2D eigenvalue weighted by Gasteiger charge is -1.91. The molecule has 0 heterocycles. The van der Waals surface area contributed by atoms with Gasteiger partial charge in [0.05, 0.1) is 11.6 Å². The van der Waals surface area contributed by atoms with Gasteiger partial charge in [-0.25, -0.2) is 0 Å². The number of methoxy groups -OCH3 is 1. The van der Waals surface area contributed by atoms with Crippen LogP contribution in [0, 0.1) is 12.1 Å². The van der Waals surface area contributed by atoms with Crippen LogP contribution in [-0.4, -0.2) is 7.11 Å². The third-order valence-electron chi connectivity index (χ3n) is 0.906. The molecule has 0 aliphatic heterocycles. The molecule has 0 amide bonds. The van der Waals surface area contributed by atoms with Crippen LogP contribution in [0.1, 0.15) is 0 Å². The summed E-state index contributed by atoms with van der Waals surface area (Å²) in [4.78, 5) is 0. The highest BCUT2D eigenvalue weighted by Crippen LogP contribution is 2.09. The second-order valence-electron chi connectivity index (χ2n) is 1.50. The Labute approximate surface area is 62.8 Å². The van der Waals surface area contributed by atoms with Gasteiger partial charge in [-0.3, -0.25) is 0 Å². The molecule has 1 aromatic rings. The SMILES string of the molecule is COc1c#cc(Br)cc1. The van der Waals surface area contributed by atoms with E-state index in [0.29, 0.717) is 5.75 Å². The molecule has 0 aromatic heterocycles. The van der Waals surface area contributed by atoms with Gasteiger partial charge in [0, 0.05) is 0 Å². The van der Waals surface area contributed by atoms with Gasteiger partial charge in [0.25, 0.3) is 0 Å². The molecule has 0 saturated carbocycles. The minimum Gasteiger partial charge on any atom is -0.489 e. The number of hydrogen-bond acceptors (Lipinski definition) is 1. The Morgan fingerprint density at radius 2 is 2.22 bits per heavy atom. The maximum absolute atomic E-state index is 4.86. The normalized spacial score (nSPS) is 8.22. The molecule has 0 radical (unpaired) electrons. The zero-order chi connectivity index (χ0) is 6.69. The van der Waals surface area contributed by atoms with Crippen LogP contribution in [-0.2, 0) is 0 Å². The third-order valence-corrected chi connectivity index (χ3v) is 1.37. The first-order valence-electron chi connectivity index (χ1n) is 2.46. The van der Waals surface area contributed by atoms with Crippen molar-refractivity contribution in [1.29, 1.82) is 0 Å². The van der Waals surface area contributed by atoms with Crippen LogP contribution in [0.2, 0.25) is 0 Å². The molecular weight excluding hydrogens is 180 g/mol. The van der Waals surface area contributed by atoms with Crippen LogP contribution < -0.4 is 4.74 Å². The molecule has 9 heavy (non-hydrogen) atoms. The molecule has 1 rings (SSSR count). The second kappa shape index (κ2) is 2.75. The van der Waals surface area contributed by atoms with E-state index < -0.39 is 0 Å². The Balaban J connectivity index is 2.88. The smallest absolute Gasteiger partial charge is 0.169 e. The van der Waals surface area contributed by atoms with E-state index >= 15 is 0 Å². The summed E-state index contributed by atoms with van der Waals surface area (Å²) in [6.07, 6.45) is 0. The van der Waals surface area contributed by atoms with Gasteiger partial charge in [-0.05, 0) is 34.1 Å². The molecular formula is C7H5BrO. The summed E-state index contributed by atoms with van der Waals surface area (Å²) in [5.41, 5.74) is 0. The quantitative estimate of drug-likeness (QED) is 0.650. The van der Waals surface area contributed by atoms with Crippen LogP contribution in [0.15, 0.2) is 16.6 Å². The fourth-order valence-corrected chi connectivity index (χ4v) is 0.704. The Morgan fingerprint density at radius 1 is 1.44 bits per heavy atom. The predicted molar refractivity (Wildman–Crippen MR) is 38.4 cm³/mol. The molecule has 2 heteroatoms. The molecule has 0 aliphatic rings. The van der Waals surface area contributed by atoms with E-state index in [2.05, 4.69) is 28.1 Å². The van der Waals surface area contributed by atoms with Crippen LogP contribution in [0.25, 0.3) is 0 Å². The van der Waals surface area contributed by atoms with Gasteiger partial charge in [0.15, 0.2) is 5.75 Å². The van der Waals surface area contributed by atoms with Crippen molar-refractivity contribution >= 4 is 15.9 Å². The third kappa shape index (κ3) is 1.62. The monoisotopic (exact) mass is 184 g/mol. The lowest BCUT2D eigenvalue weighted by Crippen LogP contribution is -1.78. The van der Waals surface area contributed by atoms with Gasteiger partial charge in [-0.1, -0.05) is 6.07 Å². The first-order chi connectivity index (χ1) is 4.33. The highest BCUT2D eigenvalue weighted by atomic mass is 79.9. The van der Waals surface area contributed by atoms with Crippen LogP contribution in [0.3, 0.4) is 0 Å². The van der Waals surface area contributed by atoms with Crippen molar-refractivity contribution in [3.8, 4) is 5.75 Å². The number of halogens is 1. The summed E-state index contributed by atoms with van der Waals surface area (Å²) < 4.78 is 5.75. The zero-order valence-corrected chi connectivity index (χ0v) is 6.53. The maximum Gasteiger partial charge on any atom is 0.169 e. The highest BCUT2D eigenvalue weighted by Gasteiger charge is 1.84. The molecule has 1 aromatic carbocycles. The Morgan fingerprint density at radius 3 is 2.67 bits per heavy atom. The molecule has 0 unspecified atom stereocenters. The summed E-state index contributed by atoms with van der Waals surface area (Å²) in [7, 11) is 1.60. The average molecular weight is 185 g/mol. The predicted octanol–water partition coefficient (Wildman–Crippen LogP) is 2.06. The van der Waals surface area contributed by atoms with Crippen LogP contribution in [0.5, 0.6) is 5.75 Å². The number of rotatable bonds is 1. The van der Waals surface area contributed by atoms with Gasteiger partial charge in [0.1, 0.15) is 0 Å². The molecule has 0 fully saturated rings. The van der Waals surface area contributed by atoms with Crippen LogP contribution >= 0.6 is 15.9 Å². The van der Waals surface area contributed by atoms with Crippen molar-refractivity contribution < 1.29 is 4.74 Å². The van der Waals surface area contributed by atoms with Crippen molar-refractivity contribution in [3.63, 3.8) is 0 Å². The Hall–Kier alpha value is -0.680. The van der Waals surface area contributed by atoms with Crippen molar-refractivity contribution in [2.24, 2.45) is 0 Å². The van der Waals surface area contributed by atoms with Crippen molar-refractivity contribution in [2.75, 3.05) is 7.11 Å². The molecule has 1 nitrogen and oxygen atoms in total. The van der Waals surface area contributed by atoms with E-state index in [1.165, 1.54) is 0 Å². The summed E-state index contributed by atoms with van der Waals surface area (Å²) in [6, 6.07) is 9.29. The molecule has 0 atom stereocenters. The van der Waals surface area contributed by atoms with E-state index in [1.807, 2.05) is 12.1 Å². The average Bonchev–Trinajstić information content (AvgIpc) is 1.90. The second-order valence-corrected chi connectivity index (χ2v) is 2.35. The number of hydrogen-bond donors (Lipinski definition) is 0. The lowest BCUT2D eigenvalue weighted by molar-refractivity contribution is 0.415. The largest absolute Gasteiger partial charge is 0.489 e. The minimum atomic E-state index is 0.707.